The molecule has 0 radical (unpaired) electrons. The van der Waals surface area contributed by atoms with Crippen LogP contribution in [0.5, 0.6) is 11.5 Å². The van der Waals surface area contributed by atoms with Crippen LogP contribution < -0.4 is 20.9 Å². The Morgan fingerprint density at radius 2 is 1.94 bits per heavy atom. The Hall–Kier alpha value is -1.26. The minimum absolute atomic E-state index is 0.0258. The molecule has 1 aliphatic heterocycles. The first-order valence-corrected chi connectivity index (χ1v) is 5.66. The van der Waals surface area contributed by atoms with Crippen molar-refractivity contribution >= 4 is 0 Å². The fourth-order valence-corrected chi connectivity index (χ4v) is 1.76. The molecule has 0 aromatic heterocycles. The van der Waals surface area contributed by atoms with Gasteiger partial charge in [-0.1, -0.05) is 6.07 Å². The van der Waals surface area contributed by atoms with Gasteiger partial charge in [-0.15, -0.1) is 0 Å². The first-order valence-electron chi connectivity index (χ1n) is 5.66. The van der Waals surface area contributed by atoms with E-state index in [2.05, 4.69) is 0 Å². The number of fused-ring (bicyclic) bond motifs is 1. The maximum absolute atomic E-state index is 6.00. The summed E-state index contributed by atoms with van der Waals surface area (Å²) in [6.45, 7) is 2.00. The highest BCUT2D eigenvalue weighted by atomic mass is 16.5. The van der Waals surface area contributed by atoms with E-state index in [9.17, 15) is 0 Å². The average Bonchev–Trinajstić information content (AvgIpc) is 2.53. The van der Waals surface area contributed by atoms with E-state index in [4.69, 9.17) is 20.9 Å². The van der Waals surface area contributed by atoms with E-state index in [-0.39, 0.29) is 6.04 Å². The molecular weight excluding hydrogens is 204 g/mol. The van der Waals surface area contributed by atoms with E-state index in [1.54, 1.807) is 0 Å². The Morgan fingerprint density at radius 3 is 2.69 bits per heavy atom. The first-order chi connectivity index (χ1) is 7.81. The number of hydrogen-bond acceptors (Lipinski definition) is 4. The summed E-state index contributed by atoms with van der Waals surface area (Å²) in [5, 5.41) is 0. The largest absolute Gasteiger partial charge is 0.490 e. The first kappa shape index (κ1) is 11.2. The minimum atomic E-state index is -0.0258. The highest BCUT2D eigenvalue weighted by Crippen LogP contribution is 2.32. The van der Waals surface area contributed by atoms with E-state index in [0.717, 1.165) is 29.9 Å². The van der Waals surface area contributed by atoms with E-state index >= 15 is 0 Å². The normalized spacial score (nSPS) is 16.6. The molecule has 0 saturated carbocycles. The molecular formula is C12H18N2O2. The molecule has 1 atom stereocenters. The summed E-state index contributed by atoms with van der Waals surface area (Å²) in [7, 11) is 0. The van der Waals surface area contributed by atoms with Crippen LogP contribution in [0.25, 0.3) is 0 Å². The summed E-state index contributed by atoms with van der Waals surface area (Å²) in [5.74, 6) is 1.60. The van der Waals surface area contributed by atoms with E-state index in [1.807, 2.05) is 18.2 Å². The second-order valence-corrected chi connectivity index (χ2v) is 3.94. The van der Waals surface area contributed by atoms with Gasteiger partial charge in [-0.25, -0.2) is 0 Å². The quantitative estimate of drug-likeness (QED) is 0.806. The fraction of sp³-hybridized carbons (Fsp3) is 0.500. The summed E-state index contributed by atoms with van der Waals surface area (Å²) in [4.78, 5) is 0. The Kier molecular flexibility index (Phi) is 3.64. The highest BCUT2D eigenvalue weighted by molar-refractivity contribution is 5.44. The molecule has 1 heterocycles. The van der Waals surface area contributed by atoms with Crippen LogP contribution in [0.4, 0.5) is 0 Å². The summed E-state index contributed by atoms with van der Waals surface area (Å²) in [5.41, 5.74) is 12.5. The molecule has 4 N–H and O–H groups in total. The van der Waals surface area contributed by atoms with Crippen molar-refractivity contribution in [2.45, 2.75) is 18.9 Å². The zero-order chi connectivity index (χ0) is 11.4. The highest BCUT2D eigenvalue weighted by Gasteiger charge is 2.13. The van der Waals surface area contributed by atoms with Gasteiger partial charge in [-0.3, -0.25) is 0 Å². The molecule has 2 rings (SSSR count). The Morgan fingerprint density at radius 1 is 1.19 bits per heavy atom. The van der Waals surface area contributed by atoms with Gasteiger partial charge in [0, 0.05) is 12.5 Å². The summed E-state index contributed by atoms with van der Waals surface area (Å²) in [6.07, 6.45) is 1.69. The maximum Gasteiger partial charge on any atom is 0.161 e. The molecule has 0 fully saturated rings. The van der Waals surface area contributed by atoms with Crippen molar-refractivity contribution in [3.05, 3.63) is 23.8 Å². The van der Waals surface area contributed by atoms with Gasteiger partial charge < -0.3 is 20.9 Å². The topological polar surface area (TPSA) is 70.5 Å². The molecule has 0 bridgehead atoms. The second kappa shape index (κ2) is 5.18. The van der Waals surface area contributed by atoms with Crippen molar-refractivity contribution in [2.75, 3.05) is 19.8 Å². The van der Waals surface area contributed by atoms with E-state index < -0.39 is 0 Å². The zero-order valence-corrected chi connectivity index (χ0v) is 9.32. The van der Waals surface area contributed by atoms with Crippen molar-refractivity contribution in [1.29, 1.82) is 0 Å². The van der Waals surface area contributed by atoms with Gasteiger partial charge in [0.15, 0.2) is 11.5 Å². The molecule has 0 saturated heterocycles. The molecule has 1 aliphatic rings. The predicted octanol–water partition coefficient (Wildman–Crippen LogP) is 1.20. The molecule has 0 spiro atoms. The van der Waals surface area contributed by atoms with Crippen molar-refractivity contribution in [3.8, 4) is 11.5 Å². The molecule has 1 aromatic rings. The number of rotatable bonds is 3. The Balaban J connectivity index is 2.20. The zero-order valence-electron chi connectivity index (χ0n) is 9.32. The lowest BCUT2D eigenvalue weighted by molar-refractivity contribution is 0.297. The average molecular weight is 222 g/mol. The maximum atomic E-state index is 6.00. The lowest BCUT2D eigenvalue weighted by atomic mass is 10.0. The second-order valence-electron chi connectivity index (χ2n) is 3.94. The van der Waals surface area contributed by atoms with Crippen LogP contribution >= 0.6 is 0 Å². The van der Waals surface area contributed by atoms with Gasteiger partial charge in [0.1, 0.15) is 0 Å². The van der Waals surface area contributed by atoms with Gasteiger partial charge in [0.05, 0.1) is 13.2 Å². The van der Waals surface area contributed by atoms with Crippen molar-refractivity contribution in [1.82, 2.24) is 0 Å². The van der Waals surface area contributed by atoms with Crippen LogP contribution in [0.15, 0.2) is 18.2 Å². The van der Waals surface area contributed by atoms with Gasteiger partial charge in [-0.05, 0) is 30.7 Å². The lowest BCUT2D eigenvalue weighted by Gasteiger charge is -2.13. The third-order valence-corrected chi connectivity index (χ3v) is 2.68. The standard InChI is InChI=1S/C12H18N2O2/c13-5-4-10(14)9-2-3-11-12(8-9)16-7-1-6-15-11/h2-3,8,10H,1,4-7,13-14H2. The summed E-state index contributed by atoms with van der Waals surface area (Å²) < 4.78 is 11.2. The third-order valence-electron chi connectivity index (χ3n) is 2.68. The number of nitrogens with two attached hydrogens (primary N) is 2. The van der Waals surface area contributed by atoms with E-state index in [0.29, 0.717) is 19.8 Å². The molecule has 4 nitrogen and oxygen atoms in total. The van der Waals surface area contributed by atoms with Crippen LogP contribution in [0.2, 0.25) is 0 Å². The van der Waals surface area contributed by atoms with Crippen molar-refractivity contribution in [2.24, 2.45) is 11.5 Å². The predicted molar refractivity (Wildman–Crippen MR) is 62.6 cm³/mol. The van der Waals surface area contributed by atoms with Gasteiger partial charge in [-0.2, -0.15) is 0 Å². The van der Waals surface area contributed by atoms with Crippen LogP contribution in [0.1, 0.15) is 24.4 Å². The molecule has 4 heteroatoms. The summed E-state index contributed by atoms with van der Waals surface area (Å²) in [6, 6.07) is 5.84. The molecule has 1 aromatic carbocycles. The number of hydrogen-bond donors (Lipinski definition) is 2. The smallest absolute Gasteiger partial charge is 0.161 e. The molecule has 16 heavy (non-hydrogen) atoms. The molecule has 0 aliphatic carbocycles. The summed E-state index contributed by atoms with van der Waals surface area (Å²) >= 11 is 0. The number of benzene rings is 1. The van der Waals surface area contributed by atoms with Crippen LogP contribution in [0, 0.1) is 0 Å². The molecule has 0 amide bonds. The molecule has 1 unspecified atom stereocenters. The van der Waals surface area contributed by atoms with Gasteiger partial charge in [0.2, 0.25) is 0 Å². The lowest BCUT2D eigenvalue weighted by Crippen LogP contribution is -2.15. The van der Waals surface area contributed by atoms with Gasteiger partial charge in [0.25, 0.3) is 0 Å². The SMILES string of the molecule is NCCC(N)c1ccc2c(c1)OCCCO2. The number of ether oxygens (including phenoxy) is 2. The van der Waals surface area contributed by atoms with Gasteiger partial charge >= 0.3 is 0 Å². The van der Waals surface area contributed by atoms with Crippen molar-refractivity contribution in [3.63, 3.8) is 0 Å². The minimum Gasteiger partial charge on any atom is -0.490 e. The third kappa shape index (κ3) is 2.46. The molecule has 88 valence electrons. The van der Waals surface area contributed by atoms with Crippen LogP contribution in [0.3, 0.4) is 0 Å². The van der Waals surface area contributed by atoms with Crippen LogP contribution in [-0.2, 0) is 0 Å². The Labute approximate surface area is 95.5 Å². The van der Waals surface area contributed by atoms with Crippen molar-refractivity contribution < 1.29 is 9.47 Å². The van der Waals surface area contributed by atoms with E-state index in [1.165, 1.54) is 0 Å². The fourth-order valence-electron chi connectivity index (χ4n) is 1.76. The monoisotopic (exact) mass is 222 g/mol. The Bertz CT molecular complexity index is 355. The van der Waals surface area contributed by atoms with Crippen LogP contribution in [-0.4, -0.2) is 19.8 Å².